The molecule has 0 unspecified atom stereocenters. The summed E-state index contributed by atoms with van der Waals surface area (Å²) in [6.07, 6.45) is -8.02. The Bertz CT molecular complexity index is 1070. The van der Waals surface area contributed by atoms with E-state index in [1.807, 2.05) is 0 Å². The number of aliphatic hydroxyl groups is 2. The van der Waals surface area contributed by atoms with Gasteiger partial charge in [0.1, 0.15) is 12.2 Å². The Hall–Kier alpha value is -3.98. The van der Waals surface area contributed by atoms with Crippen LogP contribution in [0.2, 0.25) is 0 Å². The van der Waals surface area contributed by atoms with Crippen LogP contribution in [0, 0.1) is 0 Å². The quantitative estimate of drug-likeness (QED) is 0.183. The third-order valence-corrected chi connectivity index (χ3v) is 5.13. The number of hydrogen-bond donors (Lipinski definition) is 8. The van der Waals surface area contributed by atoms with Crippen molar-refractivity contribution in [3.8, 4) is 34.5 Å². The molecule has 0 bridgehead atoms. The van der Waals surface area contributed by atoms with Crippen LogP contribution in [0.3, 0.4) is 0 Å². The summed E-state index contributed by atoms with van der Waals surface area (Å²) < 4.78 is 20.9. The van der Waals surface area contributed by atoms with E-state index in [1.54, 1.807) is 0 Å². The van der Waals surface area contributed by atoms with Crippen molar-refractivity contribution < 1.29 is 69.4 Å². The van der Waals surface area contributed by atoms with Crippen LogP contribution in [0.15, 0.2) is 24.3 Å². The van der Waals surface area contributed by atoms with Gasteiger partial charge in [-0.1, -0.05) is 0 Å². The van der Waals surface area contributed by atoms with E-state index >= 15 is 0 Å². The van der Waals surface area contributed by atoms with Gasteiger partial charge in [-0.05, 0) is 24.3 Å². The minimum Gasteiger partial charge on any atom is -0.504 e. The highest BCUT2D eigenvalue weighted by atomic mass is 16.7. The van der Waals surface area contributed by atoms with Gasteiger partial charge in [-0.3, -0.25) is 0 Å². The number of aliphatic hydroxyl groups excluding tert-OH is 2. The van der Waals surface area contributed by atoms with E-state index < -0.39 is 94.9 Å². The normalized spacial score (nSPS) is 24.0. The van der Waals surface area contributed by atoms with Gasteiger partial charge in [0.2, 0.25) is 0 Å². The van der Waals surface area contributed by atoms with Crippen LogP contribution in [0.5, 0.6) is 34.5 Å². The first-order valence-corrected chi connectivity index (χ1v) is 9.87. The zero-order valence-corrected chi connectivity index (χ0v) is 17.9. The second-order valence-corrected chi connectivity index (χ2v) is 7.42. The number of rotatable bonds is 6. The fraction of sp³-hybridized carbons (Fsp3) is 0.333. The van der Waals surface area contributed by atoms with Crippen molar-refractivity contribution >= 4 is 11.9 Å². The molecule has 0 spiro atoms. The van der Waals surface area contributed by atoms with Crippen molar-refractivity contribution in [2.75, 3.05) is 13.7 Å². The highest BCUT2D eigenvalue weighted by Gasteiger charge is 2.50. The summed E-state index contributed by atoms with van der Waals surface area (Å²) in [5.74, 6) is -7.60. The summed E-state index contributed by atoms with van der Waals surface area (Å²) in [7, 11) is 1.13. The second kappa shape index (κ2) is 10.1. The largest absolute Gasteiger partial charge is 0.504 e. The smallest absolute Gasteiger partial charge is 0.339 e. The Labute approximate surface area is 196 Å². The van der Waals surface area contributed by atoms with Crippen LogP contribution in [0.1, 0.15) is 20.7 Å². The predicted octanol–water partition coefficient (Wildman–Crippen LogP) is -0.604. The molecule has 1 aliphatic rings. The Morgan fingerprint density at radius 1 is 0.800 bits per heavy atom. The lowest BCUT2D eigenvalue weighted by atomic mass is 9.98. The number of hydrogen-bond acceptors (Lipinski definition) is 14. The van der Waals surface area contributed by atoms with Gasteiger partial charge in [0, 0.05) is 7.11 Å². The maximum Gasteiger partial charge on any atom is 0.339 e. The van der Waals surface area contributed by atoms with Gasteiger partial charge in [-0.25, -0.2) is 9.59 Å². The number of ether oxygens (including phenoxy) is 4. The number of methoxy groups -OCH3 is 1. The molecule has 0 aromatic heterocycles. The van der Waals surface area contributed by atoms with E-state index in [4.69, 9.17) is 18.9 Å². The molecule has 0 amide bonds. The molecule has 35 heavy (non-hydrogen) atoms. The SMILES string of the molecule is CO[C@H]1O[C@@H](CO)[C@@H](O)[C@@H](OC(=O)c2cc(O)c(O)c(O)c2)[C@H]1OC(=O)c1cc(O)c(O)c(O)c1. The van der Waals surface area contributed by atoms with E-state index in [2.05, 4.69) is 0 Å². The van der Waals surface area contributed by atoms with E-state index in [0.717, 1.165) is 31.4 Å². The van der Waals surface area contributed by atoms with Gasteiger partial charge in [0.05, 0.1) is 17.7 Å². The van der Waals surface area contributed by atoms with Crippen LogP contribution < -0.4 is 0 Å². The average molecular weight is 498 g/mol. The van der Waals surface area contributed by atoms with Crippen LogP contribution in [0.4, 0.5) is 0 Å². The molecule has 3 rings (SSSR count). The van der Waals surface area contributed by atoms with E-state index in [-0.39, 0.29) is 0 Å². The topological polar surface area (TPSA) is 233 Å². The van der Waals surface area contributed by atoms with Crippen molar-refractivity contribution in [3.05, 3.63) is 35.4 Å². The van der Waals surface area contributed by atoms with Gasteiger partial charge in [-0.2, -0.15) is 0 Å². The van der Waals surface area contributed by atoms with Crippen LogP contribution >= 0.6 is 0 Å². The van der Waals surface area contributed by atoms with Crippen molar-refractivity contribution in [2.24, 2.45) is 0 Å². The van der Waals surface area contributed by atoms with Crippen molar-refractivity contribution in [1.82, 2.24) is 0 Å². The fourth-order valence-electron chi connectivity index (χ4n) is 3.32. The lowest BCUT2D eigenvalue weighted by molar-refractivity contribution is -0.292. The maximum absolute atomic E-state index is 12.7. The highest BCUT2D eigenvalue weighted by Crippen LogP contribution is 2.37. The zero-order chi connectivity index (χ0) is 26.0. The molecule has 14 heteroatoms. The van der Waals surface area contributed by atoms with Crippen LogP contribution in [-0.4, -0.2) is 97.2 Å². The first-order chi connectivity index (χ1) is 16.5. The molecule has 190 valence electrons. The van der Waals surface area contributed by atoms with Crippen molar-refractivity contribution in [3.63, 3.8) is 0 Å². The Morgan fingerprint density at radius 3 is 1.57 bits per heavy atom. The molecule has 8 N–H and O–H groups in total. The molecule has 0 radical (unpaired) electrons. The molecule has 1 saturated heterocycles. The summed E-state index contributed by atoms with van der Waals surface area (Å²) in [6.45, 7) is -0.754. The summed E-state index contributed by atoms with van der Waals surface area (Å²) in [5, 5.41) is 77.6. The zero-order valence-electron chi connectivity index (χ0n) is 17.9. The number of benzene rings is 2. The lowest BCUT2D eigenvalue weighted by Crippen LogP contribution is -2.61. The maximum atomic E-state index is 12.7. The first kappa shape index (κ1) is 25.6. The lowest BCUT2D eigenvalue weighted by Gasteiger charge is -2.42. The molecular weight excluding hydrogens is 476 g/mol. The average Bonchev–Trinajstić information content (AvgIpc) is 2.82. The Kier molecular flexibility index (Phi) is 7.40. The Balaban J connectivity index is 1.93. The van der Waals surface area contributed by atoms with Crippen LogP contribution in [-0.2, 0) is 18.9 Å². The summed E-state index contributed by atoms with van der Waals surface area (Å²) in [6, 6.07) is 3.09. The van der Waals surface area contributed by atoms with E-state index in [0.29, 0.717) is 0 Å². The van der Waals surface area contributed by atoms with Gasteiger partial charge in [0.15, 0.2) is 53.0 Å². The standard InChI is InChI=1S/C21H22O14/c1-32-21-18(35-20(31)8-4-11(25)15(28)12(26)5-8)17(16(29)13(6-22)33-21)34-19(30)7-2-9(23)14(27)10(24)3-7/h2-5,13,16-18,21-29H,6H2,1H3/t13-,16+,17+,18+,21-/m0/s1. The minimum atomic E-state index is -1.77. The first-order valence-electron chi connectivity index (χ1n) is 9.87. The number of carbonyl (C=O) groups is 2. The number of aromatic hydroxyl groups is 6. The third kappa shape index (κ3) is 5.09. The molecule has 1 aliphatic heterocycles. The monoisotopic (exact) mass is 498 g/mol. The minimum absolute atomic E-state index is 0.440. The van der Waals surface area contributed by atoms with Gasteiger partial charge >= 0.3 is 11.9 Å². The molecule has 0 saturated carbocycles. The molecule has 5 atom stereocenters. The molecule has 14 nitrogen and oxygen atoms in total. The van der Waals surface area contributed by atoms with Gasteiger partial charge in [0.25, 0.3) is 0 Å². The van der Waals surface area contributed by atoms with E-state index in [9.17, 15) is 50.4 Å². The number of phenolic OH excluding ortho intramolecular Hbond substituents is 6. The summed E-state index contributed by atoms with van der Waals surface area (Å²) in [5.41, 5.74) is -0.894. The molecule has 2 aromatic carbocycles. The fourth-order valence-corrected chi connectivity index (χ4v) is 3.32. The molecule has 0 aliphatic carbocycles. The molecule has 1 fully saturated rings. The van der Waals surface area contributed by atoms with E-state index in [1.165, 1.54) is 0 Å². The van der Waals surface area contributed by atoms with Crippen LogP contribution in [0.25, 0.3) is 0 Å². The molecule has 1 heterocycles. The predicted molar refractivity (Wildman–Crippen MR) is 110 cm³/mol. The highest BCUT2D eigenvalue weighted by molar-refractivity contribution is 5.92. The summed E-state index contributed by atoms with van der Waals surface area (Å²) in [4.78, 5) is 25.4. The van der Waals surface area contributed by atoms with Crippen molar-refractivity contribution in [1.29, 1.82) is 0 Å². The van der Waals surface area contributed by atoms with Crippen molar-refractivity contribution in [2.45, 2.75) is 30.7 Å². The molecular formula is C21H22O14. The number of carbonyl (C=O) groups excluding carboxylic acids is 2. The molecule has 2 aromatic rings. The summed E-state index contributed by atoms with van der Waals surface area (Å²) >= 11 is 0. The van der Waals surface area contributed by atoms with Gasteiger partial charge < -0.3 is 59.8 Å². The number of esters is 2. The Morgan fingerprint density at radius 2 is 1.20 bits per heavy atom. The second-order valence-electron chi connectivity index (χ2n) is 7.42. The third-order valence-electron chi connectivity index (χ3n) is 5.13. The van der Waals surface area contributed by atoms with Gasteiger partial charge in [-0.15, -0.1) is 0 Å². The number of phenols is 6.